The van der Waals surface area contributed by atoms with Crippen molar-refractivity contribution in [2.75, 3.05) is 5.73 Å². The van der Waals surface area contributed by atoms with E-state index in [2.05, 4.69) is 4.98 Å². The topological polar surface area (TPSA) is 52.0 Å². The minimum atomic E-state index is -0.233. The first kappa shape index (κ1) is 12.0. The van der Waals surface area contributed by atoms with Crippen molar-refractivity contribution in [2.45, 2.75) is 11.0 Å². The fraction of sp³-hybridized carbons (Fsp3) is 0.0714. The zero-order chi connectivity index (χ0) is 13.2. The molecule has 5 heteroatoms. The molecule has 3 nitrogen and oxygen atoms in total. The largest absolute Gasteiger partial charge is 0.431 e. The van der Waals surface area contributed by atoms with Gasteiger partial charge in [0.1, 0.15) is 11.3 Å². The number of benzene rings is 2. The van der Waals surface area contributed by atoms with Crippen molar-refractivity contribution in [3.63, 3.8) is 0 Å². The lowest BCUT2D eigenvalue weighted by atomic mass is 10.2. The molecule has 0 bridgehead atoms. The van der Waals surface area contributed by atoms with Gasteiger partial charge in [-0.05, 0) is 35.9 Å². The normalized spacial score (nSPS) is 11.0. The van der Waals surface area contributed by atoms with Crippen molar-refractivity contribution in [1.29, 1.82) is 0 Å². The van der Waals surface area contributed by atoms with Crippen LogP contribution in [0.25, 0.3) is 11.1 Å². The first-order chi connectivity index (χ1) is 9.20. The number of thioether (sulfide) groups is 1. The van der Waals surface area contributed by atoms with Gasteiger partial charge in [-0.15, -0.1) is 0 Å². The van der Waals surface area contributed by atoms with Gasteiger partial charge in [0, 0.05) is 11.4 Å². The summed E-state index contributed by atoms with van der Waals surface area (Å²) in [5, 5.41) is 0.560. The average Bonchev–Trinajstić information content (AvgIpc) is 2.78. The predicted octanol–water partition coefficient (Wildman–Crippen LogP) is 3.84. The Morgan fingerprint density at radius 1 is 1.21 bits per heavy atom. The molecule has 1 heterocycles. The van der Waals surface area contributed by atoms with Gasteiger partial charge in [0.25, 0.3) is 5.22 Å². The van der Waals surface area contributed by atoms with Crippen molar-refractivity contribution >= 4 is 28.5 Å². The van der Waals surface area contributed by atoms with E-state index >= 15 is 0 Å². The lowest BCUT2D eigenvalue weighted by Gasteiger charge is -1.97. The van der Waals surface area contributed by atoms with E-state index in [-0.39, 0.29) is 5.82 Å². The Morgan fingerprint density at radius 2 is 2.11 bits per heavy atom. The second kappa shape index (κ2) is 4.93. The summed E-state index contributed by atoms with van der Waals surface area (Å²) < 4.78 is 18.6. The highest BCUT2D eigenvalue weighted by atomic mass is 32.2. The third-order valence-corrected chi connectivity index (χ3v) is 3.54. The Balaban J connectivity index is 1.78. The van der Waals surface area contributed by atoms with E-state index in [0.717, 1.165) is 11.1 Å². The highest BCUT2D eigenvalue weighted by molar-refractivity contribution is 7.98. The van der Waals surface area contributed by atoms with E-state index in [9.17, 15) is 4.39 Å². The molecule has 3 aromatic rings. The smallest absolute Gasteiger partial charge is 0.257 e. The standard InChI is InChI=1S/C14H11FN2OS/c15-10-3-1-2-9(6-10)8-19-14-17-12-7-11(16)4-5-13(12)18-14/h1-7H,8,16H2. The molecule has 3 rings (SSSR count). The molecule has 2 aromatic carbocycles. The lowest BCUT2D eigenvalue weighted by molar-refractivity contribution is 0.489. The van der Waals surface area contributed by atoms with E-state index in [1.165, 1.54) is 23.9 Å². The highest BCUT2D eigenvalue weighted by Crippen LogP contribution is 2.27. The molecule has 2 N–H and O–H groups in total. The molecule has 0 aliphatic carbocycles. The van der Waals surface area contributed by atoms with Crippen LogP contribution in [0.1, 0.15) is 5.56 Å². The van der Waals surface area contributed by atoms with Gasteiger partial charge in [0.15, 0.2) is 5.58 Å². The molecule has 19 heavy (non-hydrogen) atoms. The van der Waals surface area contributed by atoms with Crippen LogP contribution in [0, 0.1) is 5.82 Å². The van der Waals surface area contributed by atoms with Crippen molar-refractivity contribution in [1.82, 2.24) is 4.98 Å². The van der Waals surface area contributed by atoms with Gasteiger partial charge in [0.05, 0.1) is 0 Å². The van der Waals surface area contributed by atoms with Crippen LogP contribution < -0.4 is 5.73 Å². The van der Waals surface area contributed by atoms with Gasteiger partial charge in [-0.1, -0.05) is 23.9 Å². The SMILES string of the molecule is Nc1ccc2oc(SCc3cccc(F)c3)nc2c1. The number of anilines is 1. The Bertz CT molecular complexity index is 726. The third kappa shape index (κ3) is 2.71. The number of fused-ring (bicyclic) bond motifs is 1. The van der Waals surface area contributed by atoms with Crippen molar-refractivity contribution < 1.29 is 8.81 Å². The number of aromatic nitrogens is 1. The Hall–Kier alpha value is -2.01. The van der Waals surface area contributed by atoms with Crippen LogP contribution in [0.2, 0.25) is 0 Å². The number of halogens is 1. The van der Waals surface area contributed by atoms with Crippen LogP contribution >= 0.6 is 11.8 Å². The molecule has 0 amide bonds. The molecule has 0 unspecified atom stereocenters. The van der Waals surface area contributed by atoms with E-state index in [0.29, 0.717) is 22.2 Å². The molecule has 0 spiro atoms. The molecule has 0 aliphatic heterocycles. The molecule has 0 atom stereocenters. The number of oxazole rings is 1. The molecule has 0 aliphatic rings. The van der Waals surface area contributed by atoms with Crippen molar-refractivity contribution in [2.24, 2.45) is 0 Å². The molecular weight excluding hydrogens is 263 g/mol. The van der Waals surface area contributed by atoms with Gasteiger partial charge in [-0.2, -0.15) is 0 Å². The third-order valence-electron chi connectivity index (χ3n) is 2.64. The van der Waals surface area contributed by atoms with Crippen LogP contribution in [0.5, 0.6) is 0 Å². The summed E-state index contributed by atoms with van der Waals surface area (Å²) in [5.74, 6) is 0.378. The molecule has 0 saturated carbocycles. The summed E-state index contributed by atoms with van der Waals surface area (Å²) in [6.45, 7) is 0. The number of hydrogen-bond acceptors (Lipinski definition) is 4. The summed E-state index contributed by atoms with van der Waals surface area (Å²) in [5.41, 5.74) is 8.68. The quantitative estimate of drug-likeness (QED) is 0.582. The Kier molecular flexibility index (Phi) is 3.13. The van der Waals surface area contributed by atoms with E-state index in [4.69, 9.17) is 10.2 Å². The summed E-state index contributed by atoms with van der Waals surface area (Å²) in [7, 11) is 0. The van der Waals surface area contributed by atoms with E-state index in [1.54, 1.807) is 24.3 Å². The zero-order valence-corrected chi connectivity index (χ0v) is 10.8. The number of rotatable bonds is 3. The van der Waals surface area contributed by atoms with Gasteiger partial charge in [0.2, 0.25) is 0 Å². The van der Waals surface area contributed by atoms with E-state index < -0.39 is 0 Å². The number of nitrogens with two attached hydrogens (primary N) is 1. The maximum Gasteiger partial charge on any atom is 0.257 e. The van der Waals surface area contributed by atoms with Gasteiger partial charge >= 0.3 is 0 Å². The molecule has 0 radical (unpaired) electrons. The highest BCUT2D eigenvalue weighted by Gasteiger charge is 2.07. The number of nitrogen functional groups attached to an aromatic ring is 1. The summed E-state index contributed by atoms with van der Waals surface area (Å²) in [4.78, 5) is 4.33. The minimum Gasteiger partial charge on any atom is -0.431 e. The summed E-state index contributed by atoms with van der Waals surface area (Å²) in [6.07, 6.45) is 0. The molecule has 96 valence electrons. The first-order valence-electron chi connectivity index (χ1n) is 5.74. The summed E-state index contributed by atoms with van der Waals surface area (Å²) in [6, 6.07) is 11.8. The molecule has 0 saturated heterocycles. The van der Waals surface area contributed by atoms with Crippen LogP contribution in [0.15, 0.2) is 52.1 Å². The van der Waals surface area contributed by atoms with Crippen molar-refractivity contribution in [3.8, 4) is 0 Å². The van der Waals surface area contributed by atoms with E-state index in [1.807, 2.05) is 6.07 Å². The van der Waals surface area contributed by atoms with Crippen LogP contribution in [-0.4, -0.2) is 4.98 Å². The fourth-order valence-corrected chi connectivity index (χ4v) is 2.54. The Morgan fingerprint density at radius 3 is 2.95 bits per heavy atom. The average molecular weight is 274 g/mol. The molecular formula is C14H11FN2OS. The number of hydrogen-bond donors (Lipinski definition) is 1. The number of nitrogens with zero attached hydrogens (tertiary/aromatic N) is 1. The summed E-state index contributed by atoms with van der Waals surface area (Å²) >= 11 is 1.43. The van der Waals surface area contributed by atoms with Crippen molar-refractivity contribution in [3.05, 3.63) is 53.8 Å². The first-order valence-corrected chi connectivity index (χ1v) is 6.72. The lowest BCUT2D eigenvalue weighted by Crippen LogP contribution is -1.83. The van der Waals surface area contributed by atoms with Gasteiger partial charge in [-0.3, -0.25) is 0 Å². The second-order valence-corrected chi connectivity index (χ2v) is 5.05. The van der Waals surface area contributed by atoms with Gasteiger partial charge < -0.3 is 10.2 Å². The molecule has 1 aromatic heterocycles. The van der Waals surface area contributed by atoms with Crippen LogP contribution in [0.4, 0.5) is 10.1 Å². The fourth-order valence-electron chi connectivity index (χ4n) is 1.76. The monoisotopic (exact) mass is 274 g/mol. The Labute approximate surface area is 113 Å². The van der Waals surface area contributed by atoms with Crippen LogP contribution in [0.3, 0.4) is 0 Å². The second-order valence-electron chi connectivity index (χ2n) is 4.13. The van der Waals surface area contributed by atoms with Crippen LogP contribution in [-0.2, 0) is 5.75 Å². The van der Waals surface area contributed by atoms with Gasteiger partial charge in [-0.25, -0.2) is 9.37 Å². The predicted molar refractivity (Wildman–Crippen MR) is 74.4 cm³/mol. The minimum absolute atomic E-state index is 0.233. The maximum atomic E-state index is 13.0. The maximum absolute atomic E-state index is 13.0. The zero-order valence-electron chi connectivity index (χ0n) is 9.97. The molecule has 0 fully saturated rings.